The molecule has 27 heavy (non-hydrogen) atoms. The maximum Gasteiger partial charge on any atom is 0.192 e. The summed E-state index contributed by atoms with van der Waals surface area (Å²) in [5.74, 6) is 0.695. The van der Waals surface area contributed by atoms with Gasteiger partial charge in [0.1, 0.15) is 23.5 Å². The number of halogens is 1. The lowest BCUT2D eigenvalue weighted by Crippen LogP contribution is -2.49. The molecule has 3 rings (SSSR count). The Labute approximate surface area is 159 Å². The van der Waals surface area contributed by atoms with Gasteiger partial charge in [-0.1, -0.05) is 20.8 Å². The Hall–Kier alpha value is -1.62. The number of hydrogen-bond donors (Lipinski definition) is 2. The monoisotopic (exact) mass is 397 g/mol. The van der Waals surface area contributed by atoms with Crippen LogP contribution in [0.4, 0.5) is 10.2 Å². The average Bonchev–Trinajstić information content (AvgIpc) is 3.08. The third kappa shape index (κ3) is 3.46. The van der Waals surface area contributed by atoms with Crippen molar-refractivity contribution in [2.24, 2.45) is 0 Å². The van der Waals surface area contributed by atoms with Crippen LogP contribution < -0.4 is 5.73 Å². The summed E-state index contributed by atoms with van der Waals surface area (Å²) in [7, 11) is -2.26. The molecule has 1 aliphatic heterocycles. The normalized spacial score (nSPS) is 26.8. The summed E-state index contributed by atoms with van der Waals surface area (Å²) in [5.41, 5.74) is 6.69. The Morgan fingerprint density at radius 2 is 2.04 bits per heavy atom. The standard InChI is InChI=1S/C17H28FN5O3Si/c1-9-21-14(19)12-15(22-9)23(8-20-12)16-11(18)13(10(7-24)25-16)26-27(5,6)17(2,3)4/h8,10-11,13,16,24H,7H2,1-6H3,(H2,19,21,22)/t10-,11-,13?,16-/m1/s1. The molecular formula is C17H28FN5O3Si. The lowest BCUT2D eigenvalue weighted by Gasteiger charge is -2.39. The zero-order valence-corrected chi connectivity index (χ0v) is 17.6. The molecule has 0 bridgehead atoms. The summed E-state index contributed by atoms with van der Waals surface area (Å²) in [6.45, 7) is 11.7. The molecule has 1 unspecified atom stereocenters. The molecule has 2 aromatic rings. The van der Waals surface area contributed by atoms with Crippen LogP contribution in [0.1, 0.15) is 32.8 Å². The smallest absolute Gasteiger partial charge is 0.192 e. The van der Waals surface area contributed by atoms with Gasteiger partial charge in [0.25, 0.3) is 0 Å². The van der Waals surface area contributed by atoms with Gasteiger partial charge < -0.3 is 20.0 Å². The molecule has 0 aromatic carbocycles. The first-order valence-corrected chi connectivity index (χ1v) is 11.9. The Morgan fingerprint density at radius 1 is 1.37 bits per heavy atom. The minimum Gasteiger partial charge on any atom is -0.408 e. The number of aromatic nitrogens is 4. The van der Waals surface area contributed by atoms with Crippen LogP contribution in [-0.2, 0) is 9.16 Å². The number of fused-ring (bicyclic) bond motifs is 1. The minimum atomic E-state index is -2.26. The number of aryl methyl sites for hydroxylation is 1. The van der Waals surface area contributed by atoms with Crippen molar-refractivity contribution < 1.29 is 18.7 Å². The van der Waals surface area contributed by atoms with Gasteiger partial charge >= 0.3 is 0 Å². The van der Waals surface area contributed by atoms with Crippen molar-refractivity contribution in [1.29, 1.82) is 0 Å². The summed E-state index contributed by atoms with van der Waals surface area (Å²) in [4.78, 5) is 12.6. The number of imidazole rings is 1. The number of alkyl halides is 1. The van der Waals surface area contributed by atoms with E-state index in [9.17, 15) is 5.11 Å². The summed E-state index contributed by atoms with van der Waals surface area (Å²) >= 11 is 0. The highest BCUT2D eigenvalue weighted by molar-refractivity contribution is 6.74. The van der Waals surface area contributed by atoms with Crippen molar-refractivity contribution in [2.45, 2.75) is 70.4 Å². The van der Waals surface area contributed by atoms with E-state index in [-0.39, 0.29) is 17.5 Å². The van der Waals surface area contributed by atoms with Crippen LogP contribution in [0, 0.1) is 6.92 Å². The third-order valence-corrected chi connectivity index (χ3v) is 9.99. The second-order valence-electron chi connectivity index (χ2n) is 8.51. The first-order valence-electron chi connectivity index (χ1n) is 9.01. The van der Waals surface area contributed by atoms with Crippen LogP contribution in [-0.4, -0.2) is 57.9 Å². The van der Waals surface area contributed by atoms with Gasteiger partial charge in [-0.2, -0.15) is 0 Å². The number of aliphatic hydroxyl groups is 1. The number of rotatable bonds is 4. The number of nitrogens with zero attached hydrogens (tertiary/aromatic N) is 4. The van der Waals surface area contributed by atoms with Crippen LogP contribution in [0.5, 0.6) is 0 Å². The molecule has 0 amide bonds. The molecule has 1 aliphatic rings. The van der Waals surface area contributed by atoms with Crippen molar-refractivity contribution in [2.75, 3.05) is 12.3 Å². The SMILES string of the molecule is Cc1nc(N)c2ncn([C@@H]3O[C@H](CO)C(O[Si](C)(C)C(C)(C)C)[C@H]3F)c2n1. The van der Waals surface area contributed by atoms with Gasteiger partial charge in [0.15, 0.2) is 32.2 Å². The molecule has 10 heteroatoms. The zero-order chi connectivity index (χ0) is 20.1. The van der Waals surface area contributed by atoms with E-state index in [1.807, 2.05) is 13.1 Å². The summed E-state index contributed by atoms with van der Waals surface area (Å²) in [6.07, 6.45) is -2.67. The molecule has 3 N–H and O–H groups in total. The van der Waals surface area contributed by atoms with E-state index in [1.165, 1.54) is 10.9 Å². The van der Waals surface area contributed by atoms with Gasteiger partial charge in [-0.05, 0) is 25.1 Å². The lowest BCUT2D eigenvalue weighted by molar-refractivity contribution is -0.0445. The number of anilines is 1. The fourth-order valence-corrected chi connectivity index (χ4v) is 4.28. The molecule has 1 fully saturated rings. The van der Waals surface area contributed by atoms with E-state index in [4.69, 9.17) is 14.9 Å². The van der Waals surface area contributed by atoms with E-state index in [2.05, 4.69) is 35.7 Å². The third-order valence-electron chi connectivity index (χ3n) is 5.52. The van der Waals surface area contributed by atoms with Crippen LogP contribution in [0.2, 0.25) is 18.1 Å². The molecule has 0 spiro atoms. The first kappa shape index (κ1) is 20.1. The summed E-state index contributed by atoms with van der Waals surface area (Å²) in [6, 6.07) is 0. The van der Waals surface area contributed by atoms with Crippen molar-refractivity contribution in [3.8, 4) is 0 Å². The Kier molecular flexibility index (Phi) is 5.04. The maximum atomic E-state index is 15.4. The summed E-state index contributed by atoms with van der Waals surface area (Å²) in [5, 5.41) is 9.65. The molecule has 2 aromatic heterocycles. The predicted molar refractivity (Wildman–Crippen MR) is 102 cm³/mol. The number of nitrogens with two attached hydrogens (primary N) is 1. The highest BCUT2D eigenvalue weighted by Gasteiger charge is 2.51. The maximum absolute atomic E-state index is 15.4. The molecule has 0 radical (unpaired) electrons. The second kappa shape index (κ2) is 6.76. The van der Waals surface area contributed by atoms with Crippen LogP contribution in [0.15, 0.2) is 6.33 Å². The van der Waals surface area contributed by atoms with Crippen LogP contribution in [0.3, 0.4) is 0 Å². The average molecular weight is 398 g/mol. The van der Waals surface area contributed by atoms with Gasteiger partial charge in [-0.25, -0.2) is 19.3 Å². The van der Waals surface area contributed by atoms with Gasteiger partial charge in [0.05, 0.1) is 12.9 Å². The number of ether oxygens (including phenoxy) is 1. The quantitative estimate of drug-likeness (QED) is 0.762. The fraction of sp³-hybridized carbons (Fsp3) is 0.706. The minimum absolute atomic E-state index is 0.0920. The fourth-order valence-electron chi connectivity index (χ4n) is 2.96. The molecular weight excluding hydrogens is 369 g/mol. The van der Waals surface area contributed by atoms with E-state index >= 15 is 4.39 Å². The first-order chi connectivity index (χ1) is 12.5. The van der Waals surface area contributed by atoms with Crippen molar-refractivity contribution in [1.82, 2.24) is 19.5 Å². The highest BCUT2D eigenvalue weighted by atomic mass is 28.4. The lowest BCUT2D eigenvalue weighted by atomic mass is 10.1. The van der Waals surface area contributed by atoms with Crippen LogP contribution in [0.25, 0.3) is 11.2 Å². The van der Waals surface area contributed by atoms with Crippen molar-refractivity contribution in [3.05, 3.63) is 12.2 Å². The van der Waals surface area contributed by atoms with Gasteiger partial charge in [-0.3, -0.25) is 4.57 Å². The topological polar surface area (TPSA) is 108 Å². The molecule has 0 saturated carbocycles. The molecule has 4 atom stereocenters. The molecule has 1 saturated heterocycles. The number of nitrogen functional groups attached to an aromatic ring is 1. The molecule has 8 nitrogen and oxygen atoms in total. The van der Waals surface area contributed by atoms with Crippen LogP contribution >= 0.6 is 0 Å². The molecule has 3 heterocycles. The predicted octanol–water partition coefficient (Wildman–Crippen LogP) is 2.34. The van der Waals surface area contributed by atoms with E-state index in [1.54, 1.807) is 6.92 Å². The zero-order valence-electron chi connectivity index (χ0n) is 16.6. The van der Waals surface area contributed by atoms with Gasteiger partial charge in [0, 0.05) is 0 Å². The Balaban J connectivity index is 1.95. The Morgan fingerprint density at radius 3 is 2.63 bits per heavy atom. The van der Waals surface area contributed by atoms with E-state index in [0.717, 1.165) is 0 Å². The van der Waals surface area contributed by atoms with Crippen molar-refractivity contribution >= 4 is 25.3 Å². The second-order valence-corrected chi connectivity index (χ2v) is 13.3. The molecule has 0 aliphatic carbocycles. The largest absolute Gasteiger partial charge is 0.408 e. The molecule has 150 valence electrons. The summed E-state index contributed by atoms with van der Waals surface area (Å²) < 4.78 is 29.0. The highest BCUT2D eigenvalue weighted by Crippen LogP contribution is 2.42. The Bertz CT molecular complexity index is 838. The number of hydrogen-bond acceptors (Lipinski definition) is 7. The van der Waals surface area contributed by atoms with Gasteiger partial charge in [-0.15, -0.1) is 0 Å². The van der Waals surface area contributed by atoms with Crippen molar-refractivity contribution in [3.63, 3.8) is 0 Å². The van der Waals surface area contributed by atoms with E-state index in [0.29, 0.717) is 17.0 Å². The number of aliphatic hydroxyl groups excluding tert-OH is 1. The van der Waals surface area contributed by atoms with Gasteiger partial charge in [0.2, 0.25) is 0 Å². The van der Waals surface area contributed by atoms with E-state index < -0.39 is 32.9 Å².